The molecular formula is C44H57F3N4O6S. The van der Waals surface area contributed by atoms with E-state index >= 15 is 0 Å². The lowest BCUT2D eigenvalue weighted by molar-refractivity contribution is -0.144. The number of carbonyl (C=O) groups excluding carboxylic acids is 4. The van der Waals surface area contributed by atoms with E-state index < -0.39 is 47.5 Å². The predicted octanol–water partition coefficient (Wildman–Crippen LogP) is 8.35. The minimum atomic E-state index is -4.52. The van der Waals surface area contributed by atoms with Crippen LogP contribution in [-0.2, 0) is 33.5 Å². The standard InChI is InChI=1S/C44H57F3N4O6S/c1-7-28(4)34(23-38(52)36-15-11-12-20-50(36)6)42(55)51(25-31-13-9-8-10-14-31)37(27(2)3)24-39(53)41-49-35(26-58-41)40(54)48-33(21-29(5)43(56)57)22-30-16-18-32(19-17-30)44(45,46)47/h8-10,13-14,16-19,26-29,33-34,36-37H,7,11-12,15,20-25H2,1-6H3,(H,48,54)(H,56,57). The van der Waals surface area contributed by atoms with E-state index in [1.165, 1.54) is 24.4 Å². The summed E-state index contributed by atoms with van der Waals surface area (Å²) >= 11 is 0.982. The Morgan fingerprint density at radius 2 is 1.64 bits per heavy atom. The normalized spacial score (nSPS) is 17.5. The molecule has 10 nitrogen and oxygen atoms in total. The number of rotatable bonds is 20. The van der Waals surface area contributed by atoms with Gasteiger partial charge in [-0.05, 0) is 74.4 Å². The van der Waals surface area contributed by atoms with Crippen LogP contribution in [0.2, 0.25) is 0 Å². The van der Waals surface area contributed by atoms with Crippen molar-refractivity contribution in [3.05, 3.63) is 87.4 Å². The number of carboxylic acids is 1. The van der Waals surface area contributed by atoms with Crippen LogP contribution in [0.4, 0.5) is 13.2 Å². The topological polar surface area (TPSA) is 137 Å². The molecule has 0 saturated carbocycles. The van der Waals surface area contributed by atoms with E-state index in [4.69, 9.17) is 0 Å². The fourth-order valence-corrected chi connectivity index (χ4v) is 8.34. The number of thiazole rings is 1. The molecule has 6 atom stereocenters. The Labute approximate surface area is 343 Å². The summed E-state index contributed by atoms with van der Waals surface area (Å²) in [5.41, 5.74) is 0.470. The molecule has 0 radical (unpaired) electrons. The molecule has 2 heterocycles. The second kappa shape index (κ2) is 21.0. The summed E-state index contributed by atoms with van der Waals surface area (Å²) in [6.45, 7) is 10.4. The molecule has 58 heavy (non-hydrogen) atoms. The zero-order valence-corrected chi connectivity index (χ0v) is 35.1. The lowest BCUT2D eigenvalue weighted by Gasteiger charge is -2.39. The van der Waals surface area contributed by atoms with E-state index in [0.29, 0.717) is 12.0 Å². The molecule has 2 aromatic carbocycles. The van der Waals surface area contributed by atoms with Gasteiger partial charge in [-0.3, -0.25) is 28.9 Å². The summed E-state index contributed by atoms with van der Waals surface area (Å²) < 4.78 is 39.4. The summed E-state index contributed by atoms with van der Waals surface area (Å²) in [5, 5.41) is 13.8. The van der Waals surface area contributed by atoms with E-state index in [9.17, 15) is 42.3 Å². The van der Waals surface area contributed by atoms with Crippen molar-refractivity contribution in [2.24, 2.45) is 23.7 Å². The zero-order valence-electron chi connectivity index (χ0n) is 34.3. The minimum Gasteiger partial charge on any atom is -0.481 e. The van der Waals surface area contributed by atoms with Crippen molar-refractivity contribution >= 4 is 40.7 Å². The van der Waals surface area contributed by atoms with Crippen LogP contribution in [0, 0.1) is 23.7 Å². The van der Waals surface area contributed by atoms with E-state index in [1.54, 1.807) is 4.90 Å². The highest BCUT2D eigenvalue weighted by Crippen LogP contribution is 2.31. The number of piperidine rings is 1. The van der Waals surface area contributed by atoms with Crippen LogP contribution in [0.5, 0.6) is 0 Å². The summed E-state index contributed by atoms with van der Waals surface area (Å²) in [7, 11) is 1.96. The Hall–Kier alpha value is -4.43. The highest BCUT2D eigenvalue weighted by molar-refractivity contribution is 7.12. The molecule has 2 N–H and O–H groups in total. The first-order valence-electron chi connectivity index (χ1n) is 20.1. The predicted molar refractivity (Wildman–Crippen MR) is 217 cm³/mol. The average molecular weight is 827 g/mol. The fourth-order valence-electron chi connectivity index (χ4n) is 7.59. The maximum atomic E-state index is 14.8. The second-order valence-electron chi connectivity index (χ2n) is 16.1. The van der Waals surface area contributed by atoms with Crippen LogP contribution in [0.25, 0.3) is 0 Å². The number of hydrogen-bond donors (Lipinski definition) is 2. The van der Waals surface area contributed by atoms with Gasteiger partial charge >= 0.3 is 12.1 Å². The first-order chi connectivity index (χ1) is 27.4. The van der Waals surface area contributed by atoms with Crippen molar-refractivity contribution in [2.75, 3.05) is 13.6 Å². The molecule has 1 saturated heterocycles. The highest BCUT2D eigenvalue weighted by Gasteiger charge is 2.38. The van der Waals surface area contributed by atoms with Crippen molar-refractivity contribution in [1.82, 2.24) is 20.1 Å². The lowest BCUT2D eigenvalue weighted by Crippen LogP contribution is -2.49. The number of aliphatic carboxylic acids is 1. The first-order valence-corrected chi connectivity index (χ1v) is 21.0. The number of likely N-dealkylation sites (N-methyl/N-ethyl adjacent to an activating group) is 1. The van der Waals surface area contributed by atoms with Gasteiger partial charge in [0, 0.05) is 42.8 Å². The third kappa shape index (κ3) is 12.8. The van der Waals surface area contributed by atoms with Crippen molar-refractivity contribution in [2.45, 2.75) is 117 Å². The Balaban J connectivity index is 1.56. The van der Waals surface area contributed by atoms with Gasteiger partial charge in [0.05, 0.1) is 17.5 Å². The van der Waals surface area contributed by atoms with Gasteiger partial charge in [-0.15, -0.1) is 11.3 Å². The third-order valence-corrected chi connectivity index (χ3v) is 12.3. The molecule has 0 spiro atoms. The maximum absolute atomic E-state index is 14.8. The Bertz CT molecular complexity index is 1850. The Morgan fingerprint density at radius 1 is 0.966 bits per heavy atom. The van der Waals surface area contributed by atoms with Gasteiger partial charge in [0.15, 0.2) is 16.6 Å². The van der Waals surface area contributed by atoms with Crippen LogP contribution in [0.1, 0.15) is 117 Å². The van der Waals surface area contributed by atoms with Gasteiger partial charge in [-0.2, -0.15) is 13.2 Å². The highest BCUT2D eigenvalue weighted by atomic mass is 32.1. The summed E-state index contributed by atoms with van der Waals surface area (Å²) in [6.07, 6.45) is -0.953. The quantitative estimate of drug-likeness (QED) is 0.109. The summed E-state index contributed by atoms with van der Waals surface area (Å²) in [5.74, 6) is -3.93. The van der Waals surface area contributed by atoms with Crippen LogP contribution in [0.15, 0.2) is 60.0 Å². The van der Waals surface area contributed by atoms with Gasteiger partial charge in [0.1, 0.15) is 5.69 Å². The molecule has 3 aromatic rings. The average Bonchev–Trinajstić information content (AvgIpc) is 3.69. The van der Waals surface area contributed by atoms with Gasteiger partial charge < -0.3 is 15.3 Å². The van der Waals surface area contributed by atoms with Gasteiger partial charge in [0.25, 0.3) is 5.91 Å². The van der Waals surface area contributed by atoms with E-state index in [-0.39, 0.29) is 78.3 Å². The first kappa shape index (κ1) is 46.3. The number of carboxylic acid groups (broad SMARTS) is 1. The van der Waals surface area contributed by atoms with Crippen LogP contribution >= 0.6 is 11.3 Å². The number of likely N-dealkylation sites (tertiary alicyclic amines) is 1. The molecule has 0 bridgehead atoms. The number of Topliss-reactive ketones (excluding diaryl/α,β-unsaturated/α-hetero) is 2. The number of halogens is 3. The number of nitrogens with zero attached hydrogens (tertiary/aromatic N) is 3. The second-order valence-corrected chi connectivity index (χ2v) is 17.0. The van der Waals surface area contributed by atoms with Crippen molar-refractivity contribution in [1.29, 1.82) is 0 Å². The number of benzene rings is 2. The van der Waals surface area contributed by atoms with Gasteiger partial charge in [-0.25, -0.2) is 4.98 Å². The third-order valence-electron chi connectivity index (χ3n) is 11.4. The Kier molecular flexibility index (Phi) is 16.8. The molecule has 1 fully saturated rings. The molecule has 4 rings (SSSR count). The molecule has 2 amide bonds. The molecule has 14 heteroatoms. The van der Waals surface area contributed by atoms with Crippen LogP contribution < -0.4 is 5.32 Å². The molecule has 1 aromatic heterocycles. The number of amides is 2. The summed E-state index contributed by atoms with van der Waals surface area (Å²) in [6, 6.07) is 12.4. The largest absolute Gasteiger partial charge is 0.481 e. The SMILES string of the molecule is CCC(C)C(CC(=O)C1CCCCN1C)C(=O)N(Cc1ccccc1)C(CC(=O)c1nc(C(=O)NC(Cc2ccc(C(F)(F)F)cc2)CC(C)C(=O)O)cs1)C(C)C. The van der Waals surface area contributed by atoms with Crippen molar-refractivity contribution in [3.8, 4) is 0 Å². The van der Waals surface area contributed by atoms with Crippen molar-refractivity contribution in [3.63, 3.8) is 0 Å². The van der Waals surface area contributed by atoms with Crippen molar-refractivity contribution < 1.29 is 42.3 Å². The number of carbonyl (C=O) groups is 5. The molecule has 316 valence electrons. The number of nitrogens with one attached hydrogen (secondary N) is 1. The number of alkyl halides is 3. The molecule has 6 unspecified atom stereocenters. The smallest absolute Gasteiger partial charge is 0.416 e. The van der Waals surface area contributed by atoms with Crippen LogP contribution in [-0.4, -0.2) is 81.0 Å². The molecular weight excluding hydrogens is 770 g/mol. The van der Waals surface area contributed by atoms with Crippen LogP contribution in [0.3, 0.4) is 0 Å². The number of hydrogen-bond acceptors (Lipinski definition) is 8. The lowest BCUT2D eigenvalue weighted by atomic mass is 9.82. The Morgan fingerprint density at radius 3 is 2.22 bits per heavy atom. The minimum absolute atomic E-state index is 0.0000369. The summed E-state index contributed by atoms with van der Waals surface area (Å²) in [4.78, 5) is 76.0. The molecule has 0 aliphatic carbocycles. The molecule has 1 aliphatic rings. The van der Waals surface area contributed by atoms with E-state index in [1.807, 2.05) is 65.1 Å². The van der Waals surface area contributed by atoms with Gasteiger partial charge in [-0.1, -0.05) is 89.9 Å². The number of aromatic nitrogens is 1. The van der Waals surface area contributed by atoms with Gasteiger partial charge in [0.2, 0.25) is 5.91 Å². The fraction of sp³-hybridized carbons (Fsp3) is 0.545. The molecule has 1 aliphatic heterocycles. The number of ketones is 2. The van der Waals surface area contributed by atoms with E-state index in [0.717, 1.165) is 54.8 Å². The monoisotopic (exact) mass is 826 g/mol. The van der Waals surface area contributed by atoms with E-state index in [2.05, 4.69) is 15.2 Å². The zero-order chi connectivity index (χ0) is 42.7. The maximum Gasteiger partial charge on any atom is 0.416 e.